The zero-order valence-corrected chi connectivity index (χ0v) is 13.5. The van der Waals surface area contributed by atoms with Gasteiger partial charge in [0.05, 0.1) is 31.1 Å². The van der Waals surface area contributed by atoms with Gasteiger partial charge in [0.2, 0.25) is 15.9 Å². The van der Waals surface area contributed by atoms with Crippen molar-refractivity contribution in [3.05, 3.63) is 24.4 Å². The van der Waals surface area contributed by atoms with E-state index < -0.39 is 10.0 Å². The summed E-state index contributed by atoms with van der Waals surface area (Å²) in [6, 6.07) is 5.51. The first kappa shape index (κ1) is 15.7. The first-order chi connectivity index (χ1) is 10.6. The summed E-state index contributed by atoms with van der Waals surface area (Å²) in [5, 5.41) is 0. The molecule has 0 amide bonds. The lowest BCUT2D eigenvalue weighted by Gasteiger charge is -2.36. The first-order valence-electron chi connectivity index (χ1n) is 7.75. The quantitative estimate of drug-likeness (QED) is 0.815. The Labute approximate surface area is 131 Å². The Balaban J connectivity index is 1.62. The molecule has 0 bridgehead atoms. The number of rotatable bonds is 5. The van der Waals surface area contributed by atoms with Crippen LogP contribution in [0.25, 0.3) is 0 Å². The molecule has 0 spiro atoms. The van der Waals surface area contributed by atoms with E-state index in [0.717, 1.165) is 12.8 Å². The van der Waals surface area contributed by atoms with E-state index in [0.29, 0.717) is 31.6 Å². The molecular weight excluding hydrogens is 304 g/mol. The summed E-state index contributed by atoms with van der Waals surface area (Å²) >= 11 is 0. The van der Waals surface area contributed by atoms with Crippen molar-refractivity contribution in [1.82, 2.24) is 9.29 Å². The molecule has 0 aromatic carbocycles. The molecule has 2 aliphatic rings. The fourth-order valence-electron chi connectivity index (χ4n) is 3.30. The highest BCUT2D eigenvalue weighted by Crippen LogP contribution is 2.35. The normalized spacial score (nSPS) is 29.2. The van der Waals surface area contributed by atoms with E-state index >= 15 is 0 Å². The second kappa shape index (κ2) is 6.52. The molecule has 1 aromatic rings. The lowest BCUT2D eigenvalue weighted by atomic mass is 10.1. The molecule has 1 saturated carbocycles. The van der Waals surface area contributed by atoms with Crippen LogP contribution in [0.15, 0.2) is 24.4 Å². The van der Waals surface area contributed by atoms with Crippen LogP contribution in [0.5, 0.6) is 5.88 Å². The van der Waals surface area contributed by atoms with Crippen LogP contribution in [-0.4, -0.2) is 55.4 Å². The molecule has 1 aliphatic carbocycles. The van der Waals surface area contributed by atoms with Gasteiger partial charge < -0.3 is 9.47 Å². The summed E-state index contributed by atoms with van der Waals surface area (Å²) in [6.07, 6.45) is 3.32. The van der Waals surface area contributed by atoms with Crippen LogP contribution in [0.3, 0.4) is 0 Å². The van der Waals surface area contributed by atoms with Gasteiger partial charge in [-0.15, -0.1) is 0 Å². The van der Waals surface area contributed by atoms with Crippen LogP contribution < -0.4 is 4.74 Å². The minimum atomic E-state index is -3.17. The van der Waals surface area contributed by atoms with E-state index in [2.05, 4.69) is 4.98 Å². The predicted octanol–water partition coefficient (Wildman–Crippen LogP) is 1.29. The third-order valence-electron chi connectivity index (χ3n) is 4.41. The maximum Gasteiger partial charge on any atom is 0.214 e. The minimum absolute atomic E-state index is 0.00703. The van der Waals surface area contributed by atoms with Crippen molar-refractivity contribution < 1.29 is 17.9 Å². The largest absolute Gasteiger partial charge is 0.477 e. The molecule has 2 fully saturated rings. The number of aromatic nitrogens is 1. The van der Waals surface area contributed by atoms with Gasteiger partial charge >= 0.3 is 0 Å². The van der Waals surface area contributed by atoms with Gasteiger partial charge in [-0.2, -0.15) is 4.31 Å². The second-order valence-corrected chi connectivity index (χ2v) is 8.01. The molecule has 0 unspecified atom stereocenters. The molecule has 3 rings (SSSR count). The van der Waals surface area contributed by atoms with Crippen LogP contribution in [0, 0.1) is 5.92 Å². The summed E-state index contributed by atoms with van der Waals surface area (Å²) in [4.78, 5) is 4.14. The minimum Gasteiger partial charge on any atom is -0.477 e. The van der Waals surface area contributed by atoms with E-state index in [4.69, 9.17) is 9.47 Å². The van der Waals surface area contributed by atoms with Crippen molar-refractivity contribution in [3.8, 4) is 5.88 Å². The highest BCUT2D eigenvalue weighted by molar-refractivity contribution is 7.89. The van der Waals surface area contributed by atoms with E-state index in [-0.39, 0.29) is 17.9 Å². The molecule has 7 heteroatoms. The molecule has 2 heterocycles. The Bertz CT molecular complexity index is 593. The third kappa shape index (κ3) is 3.26. The van der Waals surface area contributed by atoms with Crippen LogP contribution in [-0.2, 0) is 14.8 Å². The Morgan fingerprint density at radius 2 is 2.27 bits per heavy atom. The first-order valence-corrected chi connectivity index (χ1v) is 9.36. The Hall–Kier alpha value is -1.18. The van der Waals surface area contributed by atoms with Gasteiger partial charge in [-0.1, -0.05) is 6.07 Å². The molecule has 3 atom stereocenters. The van der Waals surface area contributed by atoms with Crippen LogP contribution in [0.4, 0.5) is 0 Å². The van der Waals surface area contributed by atoms with Gasteiger partial charge in [-0.25, -0.2) is 13.4 Å². The van der Waals surface area contributed by atoms with Gasteiger partial charge in [0.15, 0.2) is 0 Å². The number of fused-ring (bicyclic) bond motifs is 1. The summed E-state index contributed by atoms with van der Waals surface area (Å²) < 4.78 is 37.6. The van der Waals surface area contributed by atoms with E-state index in [1.165, 1.54) is 0 Å². The summed E-state index contributed by atoms with van der Waals surface area (Å²) in [6.45, 7) is 3.18. The van der Waals surface area contributed by atoms with Crippen molar-refractivity contribution in [1.29, 1.82) is 0 Å². The highest BCUT2D eigenvalue weighted by atomic mass is 32.2. The fourth-order valence-corrected chi connectivity index (χ4v) is 4.62. The third-order valence-corrected chi connectivity index (χ3v) is 6.31. The second-order valence-electron chi connectivity index (χ2n) is 5.80. The van der Waals surface area contributed by atoms with Crippen molar-refractivity contribution >= 4 is 10.0 Å². The average molecular weight is 326 g/mol. The van der Waals surface area contributed by atoms with Gasteiger partial charge in [0.25, 0.3) is 0 Å². The number of hydrogen-bond acceptors (Lipinski definition) is 5. The average Bonchev–Trinajstić information content (AvgIpc) is 2.96. The van der Waals surface area contributed by atoms with Crippen molar-refractivity contribution in [3.63, 3.8) is 0 Å². The van der Waals surface area contributed by atoms with E-state index in [1.807, 2.05) is 18.2 Å². The lowest BCUT2D eigenvalue weighted by molar-refractivity contribution is -0.0248. The standard InChI is InChI=1S/C15H22N2O4S/c1-2-22(18,19)17-7-8-20-14-10-12(9-13(14)17)11-21-15-5-3-4-6-16-15/h3-6,12-14H,2,7-11H2,1H3/t12-,13+,14-/m1/s1. The predicted molar refractivity (Wildman–Crippen MR) is 82.2 cm³/mol. The Morgan fingerprint density at radius 3 is 3.00 bits per heavy atom. The van der Waals surface area contributed by atoms with Crippen LogP contribution in [0.2, 0.25) is 0 Å². The molecule has 22 heavy (non-hydrogen) atoms. The number of pyridine rings is 1. The van der Waals surface area contributed by atoms with Gasteiger partial charge in [0.1, 0.15) is 0 Å². The molecule has 6 nitrogen and oxygen atoms in total. The van der Waals surface area contributed by atoms with Gasteiger partial charge in [-0.05, 0) is 31.7 Å². The number of nitrogens with zero attached hydrogens (tertiary/aromatic N) is 2. The number of ether oxygens (including phenoxy) is 2. The molecule has 1 aliphatic heterocycles. The Morgan fingerprint density at radius 1 is 1.41 bits per heavy atom. The SMILES string of the molecule is CCS(=O)(=O)N1CCO[C@@H]2C[C@H](COc3ccccn3)C[C@@H]21. The van der Waals surface area contributed by atoms with Crippen molar-refractivity contribution in [2.24, 2.45) is 5.92 Å². The Kier molecular flexibility index (Phi) is 4.65. The maximum atomic E-state index is 12.2. The smallest absolute Gasteiger partial charge is 0.214 e. The molecular formula is C15H22N2O4S. The van der Waals surface area contributed by atoms with Crippen molar-refractivity contribution in [2.45, 2.75) is 31.9 Å². The van der Waals surface area contributed by atoms with E-state index in [9.17, 15) is 8.42 Å². The maximum absolute atomic E-state index is 12.2. The molecule has 0 N–H and O–H groups in total. The topological polar surface area (TPSA) is 68.7 Å². The van der Waals surface area contributed by atoms with Crippen LogP contribution >= 0.6 is 0 Å². The lowest BCUT2D eigenvalue weighted by Crippen LogP contribution is -2.51. The number of morpholine rings is 1. The zero-order valence-electron chi connectivity index (χ0n) is 12.7. The molecule has 0 radical (unpaired) electrons. The highest BCUT2D eigenvalue weighted by Gasteiger charge is 2.45. The molecule has 1 aromatic heterocycles. The monoisotopic (exact) mass is 326 g/mol. The number of sulfonamides is 1. The van der Waals surface area contributed by atoms with Gasteiger partial charge in [0, 0.05) is 18.8 Å². The van der Waals surface area contributed by atoms with E-state index in [1.54, 1.807) is 17.4 Å². The summed E-state index contributed by atoms with van der Waals surface area (Å²) in [5.41, 5.74) is 0. The zero-order chi connectivity index (χ0) is 15.6. The number of hydrogen-bond donors (Lipinski definition) is 0. The van der Waals surface area contributed by atoms with Crippen molar-refractivity contribution in [2.75, 3.05) is 25.5 Å². The fraction of sp³-hybridized carbons (Fsp3) is 0.667. The van der Waals surface area contributed by atoms with Gasteiger partial charge in [-0.3, -0.25) is 0 Å². The molecule has 1 saturated heterocycles. The van der Waals surface area contributed by atoms with Crippen LogP contribution in [0.1, 0.15) is 19.8 Å². The summed E-state index contributed by atoms with van der Waals surface area (Å²) in [7, 11) is -3.17. The molecule has 122 valence electrons. The summed E-state index contributed by atoms with van der Waals surface area (Å²) in [5.74, 6) is 1.05.